The number of carbonyl (C=O) groups is 1. The number of rotatable bonds is 3. The summed E-state index contributed by atoms with van der Waals surface area (Å²) in [6, 6.07) is 4.15. The largest absolute Gasteiger partial charge is 0.478 e. The molecule has 4 nitrogen and oxygen atoms in total. The summed E-state index contributed by atoms with van der Waals surface area (Å²) in [7, 11) is 0. The van der Waals surface area contributed by atoms with Gasteiger partial charge >= 0.3 is 5.97 Å². The van der Waals surface area contributed by atoms with Gasteiger partial charge in [-0.05, 0) is 31.5 Å². The average Bonchev–Trinajstić information content (AvgIpc) is 2.35. The van der Waals surface area contributed by atoms with Gasteiger partial charge in [0, 0.05) is 19.1 Å². The minimum atomic E-state index is -1.09. The van der Waals surface area contributed by atoms with E-state index in [0.29, 0.717) is 18.7 Å². The van der Waals surface area contributed by atoms with E-state index in [0.717, 1.165) is 12.6 Å². The summed E-state index contributed by atoms with van der Waals surface area (Å²) in [6.07, 6.45) is 0.130. The number of aromatic carboxylic acids is 1. The van der Waals surface area contributed by atoms with Crippen LogP contribution in [0.5, 0.6) is 0 Å². The van der Waals surface area contributed by atoms with Crippen LogP contribution in [0, 0.1) is 5.82 Å². The lowest BCUT2D eigenvalue weighted by Gasteiger charge is -2.37. The number of hydrogen-bond donors (Lipinski definition) is 1. The van der Waals surface area contributed by atoms with Crippen molar-refractivity contribution in [2.45, 2.75) is 32.5 Å². The first-order chi connectivity index (χ1) is 8.97. The zero-order chi connectivity index (χ0) is 14.0. The Morgan fingerprint density at radius 3 is 2.95 bits per heavy atom. The van der Waals surface area contributed by atoms with Gasteiger partial charge in [-0.1, -0.05) is 6.07 Å². The fourth-order valence-corrected chi connectivity index (χ4v) is 2.30. The fourth-order valence-electron chi connectivity index (χ4n) is 2.30. The molecule has 19 heavy (non-hydrogen) atoms. The summed E-state index contributed by atoms with van der Waals surface area (Å²) in [4.78, 5) is 13.3. The summed E-state index contributed by atoms with van der Waals surface area (Å²) in [6.45, 7) is 5.90. The van der Waals surface area contributed by atoms with Crippen LogP contribution in [-0.4, -0.2) is 41.3 Å². The van der Waals surface area contributed by atoms with Gasteiger partial charge in [0.1, 0.15) is 5.82 Å². The van der Waals surface area contributed by atoms with E-state index < -0.39 is 11.8 Å². The smallest absolute Gasteiger partial charge is 0.336 e. The van der Waals surface area contributed by atoms with Gasteiger partial charge in [0.2, 0.25) is 0 Å². The zero-order valence-corrected chi connectivity index (χ0v) is 11.1. The maximum atomic E-state index is 13.1. The van der Waals surface area contributed by atoms with Crippen LogP contribution in [-0.2, 0) is 11.3 Å². The number of nitrogens with zero attached hydrogens (tertiary/aromatic N) is 1. The molecule has 104 valence electrons. The van der Waals surface area contributed by atoms with Crippen LogP contribution in [0.3, 0.4) is 0 Å². The minimum Gasteiger partial charge on any atom is -0.478 e. The Labute approximate surface area is 111 Å². The molecule has 1 aliphatic heterocycles. The Bertz CT molecular complexity index is 478. The highest BCUT2D eigenvalue weighted by Gasteiger charge is 2.24. The molecule has 0 aliphatic carbocycles. The number of carboxylic acid groups (broad SMARTS) is 1. The molecule has 1 aromatic carbocycles. The molecule has 5 heteroatoms. The third kappa shape index (κ3) is 3.30. The first kappa shape index (κ1) is 14.0. The average molecular weight is 267 g/mol. The second-order valence-electron chi connectivity index (χ2n) is 5.03. The summed E-state index contributed by atoms with van der Waals surface area (Å²) in [5.41, 5.74) is 0.668. The lowest BCUT2D eigenvalue weighted by Crippen LogP contribution is -2.46. The molecule has 2 atom stereocenters. The van der Waals surface area contributed by atoms with Crippen molar-refractivity contribution in [2.75, 3.05) is 13.2 Å². The van der Waals surface area contributed by atoms with Gasteiger partial charge < -0.3 is 9.84 Å². The summed E-state index contributed by atoms with van der Waals surface area (Å²) < 4.78 is 18.7. The SMILES string of the molecule is CC1CN(Cc2ccc(F)cc2C(=O)O)C(C)CO1. The maximum Gasteiger partial charge on any atom is 0.336 e. The highest BCUT2D eigenvalue weighted by Crippen LogP contribution is 2.19. The maximum absolute atomic E-state index is 13.1. The monoisotopic (exact) mass is 267 g/mol. The highest BCUT2D eigenvalue weighted by atomic mass is 19.1. The molecule has 0 radical (unpaired) electrons. The highest BCUT2D eigenvalue weighted by molar-refractivity contribution is 5.89. The molecule has 0 spiro atoms. The lowest BCUT2D eigenvalue weighted by atomic mass is 10.1. The molecule has 0 bridgehead atoms. The van der Waals surface area contributed by atoms with Crippen LogP contribution in [0.4, 0.5) is 4.39 Å². The van der Waals surface area contributed by atoms with E-state index in [1.807, 2.05) is 13.8 Å². The molecule has 1 heterocycles. The summed E-state index contributed by atoms with van der Waals surface area (Å²) in [5, 5.41) is 9.13. The molecule has 0 aromatic heterocycles. The Morgan fingerprint density at radius 1 is 1.53 bits per heavy atom. The molecule has 0 saturated carbocycles. The molecular formula is C14H18FNO3. The first-order valence-corrected chi connectivity index (χ1v) is 6.34. The third-order valence-corrected chi connectivity index (χ3v) is 3.41. The second-order valence-corrected chi connectivity index (χ2v) is 5.03. The number of hydrogen-bond acceptors (Lipinski definition) is 3. The van der Waals surface area contributed by atoms with Crippen molar-refractivity contribution in [3.8, 4) is 0 Å². The van der Waals surface area contributed by atoms with E-state index in [-0.39, 0.29) is 17.7 Å². The Balaban J connectivity index is 2.20. The van der Waals surface area contributed by atoms with Crippen LogP contribution in [0.15, 0.2) is 18.2 Å². The van der Waals surface area contributed by atoms with E-state index >= 15 is 0 Å². The van der Waals surface area contributed by atoms with E-state index in [1.54, 1.807) is 6.07 Å². The second kappa shape index (κ2) is 5.67. The van der Waals surface area contributed by atoms with Crippen LogP contribution < -0.4 is 0 Å². The molecule has 2 unspecified atom stereocenters. The molecule has 2 rings (SSSR count). The molecule has 0 amide bonds. The van der Waals surface area contributed by atoms with Gasteiger partial charge in [-0.3, -0.25) is 4.90 Å². The third-order valence-electron chi connectivity index (χ3n) is 3.41. The van der Waals surface area contributed by atoms with E-state index in [9.17, 15) is 9.18 Å². The van der Waals surface area contributed by atoms with Crippen molar-refractivity contribution in [3.05, 3.63) is 35.1 Å². The Kier molecular flexibility index (Phi) is 4.17. The standard InChI is InChI=1S/C14H18FNO3/c1-9-8-19-10(2)6-16(9)7-11-3-4-12(15)5-13(11)14(17)18/h3-5,9-10H,6-8H2,1-2H3,(H,17,18). The summed E-state index contributed by atoms with van der Waals surface area (Å²) in [5.74, 6) is -1.62. The van der Waals surface area contributed by atoms with Gasteiger partial charge in [-0.15, -0.1) is 0 Å². The van der Waals surface area contributed by atoms with Crippen molar-refractivity contribution in [3.63, 3.8) is 0 Å². The minimum absolute atomic E-state index is 0.0337. The topological polar surface area (TPSA) is 49.8 Å². The number of benzene rings is 1. The Morgan fingerprint density at radius 2 is 2.26 bits per heavy atom. The van der Waals surface area contributed by atoms with Gasteiger partial charge in [-0.2, -0.15) is 0 Å². The van der Waals surface area contributed by atoms with Crippen molar-refractivity contribution in [2.24, 2.45) is 0 Å². The van der Waals surface area contributed by atoms with Gasteiger partial charge in [0.15, 0.2) is 0 Å². The first-order valence-electron chi connectivity index (χ1n) is 6.34. The van der Waals surface area contributed by atoms with Gasteiger partial charge in [0.05, 0.1) is 18.3 Å². The van der Waals surface area contributed by atoms with Crippen molar-refractivity contribution < 1.29 is 19.0 Å². The van der Waals surface area contributed by atoms with Crippen LogP contribution >= 0.6 is 0 Å². The fraction of sp³-hybridized carbons (Fsp3) is 0.500. The van der Waals surface area contributed by atoms with Crippen molar-refractivity contribution >= 4 is 5.97 Å². The number of ether oxygens (including phenoxy) is 1. The lowest BCUT2D eigenvalue weighted by molar-refractivity contribution is -0.0527. The van der Waals surface area contributed by atoms with E-state index in [1.165, 1.54) is 6.07 Å². The number of halogens is 1. The van der Waals surface area contributed by atoms with Crippen LogP contribution in [0.1, 0.15) is 29.8 Å². The summed E-state index contributed by atoms with van der Waals surface area (Å²) >= 11 is 0. The molecule has 1 fully saturated rings. The van der Waals surface area contributed by atoms with Crippen LogP contribution in [0.25, 0.3) is 0 Å². The van der Waals surface area contributed by atoms with Gasteiger partial charge in [-0.25, -0.2) is 9.18 Å². The molecule has 1 saturated heterocycles. The predicted octanol–water partition coefficient (Wildman–Crippen LogP) is 2.13. The molecule has 1 aromatic rings. The van der Waals surface area contributed by atoms with Crippen molar-refractivity contribution in [1.82, 2.24) is 4.90 Å². The van der Waals surface area contributed by atoms with E-state index in [2.05, 4.69) is 4.90 Å². The quantitative estimate of drug-likeness (QED) is 0.911. The molecular weight excluding hydrogens is 249 g/mol. The predicted molar refractivity (Wildman–Crippen MR) is 68.6 cm³/mol. The van der Waals surface area contributed by atoms with E-state index in [4.69, 9.17) is 9.84 Å². The Hall–Kier alpha value is -1.46. The van der Waals surface area contributed by atoms with Gasteiger partial charge in [0.25, 0.3) is 0 Å². The number of morpholine rings is 1. The molecule has 1 aliphatic rings. The van der Waals surface area contributed by atoms with Crippen LogP contribution in [0.2, 0.25) is 0 Å². The normalized spacial score (nSPS) is 24.4. The van der Waals surface area contributed by atoms with Crippen molar-refractivity contribution in [1.29, 1.82) is 0 Å². The number of carboxylic acids is 1. The zero-order valence-electron chi connectivity index (χ0n) is 11.1. The molecule has 1 N–H and O–H groups in total.